The van der Waals surface area contributed by atoms with Crippen LogP contribution in [0, 0.1) is 0 Å². The van der Waals surface area contributed by atoms with Crippen molar-refractivity contribution in [1.29, 1.82) is 0 Å². The van der Waals surface area contributed by atoms with Gasteiger partial charge in [0.2, 0.25) is 0 Å². The van der Waals surface area contributed by atoms with Crippen LogP contribution in [0.3, 0.4) is 0 Å². The third-order valence-electron chi connectivity index (χ3n) is 1.24. The van der Waals surface area contributed by atoms with Crippen molar-refractivity contribution in [2.45, 2.75) is 19.0 Å². The van der Waals surface area contributed by atoms with E-state index in [1.807, 2.05) is 0 Å². The molecule has 0 bridgehead atoms. The molecular weight excluding hydrogens is 262 g/mol. The van der Waals surface area contributed by atoms with E-state index in [4.69, 9.17) is 0 Å². The van der Waals surface area contributed by atoms with E-state index in [0.717, 1.165) is 0 Å². The Morgan fingerprint density at radius 1 is 1.25 bits per heavy atom. The zero-order valence-corrected chi connectivity index (χ0v) is 8.94. The van der Waals surface area contributed by atoms with Crippen molar-refractivity contribution in [3.05, 3.63) is 0 Å². The Hall–Kier alpha value is -0.690. The average molecular weight is 270 g/mol. The Morgan fingerprint density at radius 3 is 2.12 bits per heavy atom. The quantitative estimate of drug-likeness (QED) is 0.569. The molecule has 0 fully saturated rings. The van der Waals surface area contributed by atoms with Gasteiger partial charge in [-0.25, -0.2) is 4.79 Å². The first-order chi connectivity index (χ1) is 7.12. The summed E-state index contributed by atoms with van der Waals surface area (Å²) in [6.07, 6.45) is -5.82. The smallest absolute Gasteiger partial charge is 0.452 e. The van der Waals surface area contributed by atoms with Crippen molar-refractivity contribution < 1.29 is 40.6 Å². The summed E-state index contributed by atoms with van der Waals surface area (Å²) in [6.45, 7) is -0.998. The minimum atomic E-state index is -5.82. The molecule has 0 radical (unpaired) electrons. The predicted octanol–water partition coefficient (Wildman–Crippen LogP) is 2.83. The third-order valence-corrected chi connectivity index (χ3v) is 2.27. The minimum Gasteiger partial charge on any atom is -0.452 e. The second-order valence-electron chi connectivity index (χ2n) is 2.50. The summed E-state index contributed by atoms with van der Waals surface area (Å²) < 4.78 is 77.6. The van der Waals surface area contributed by atoms with Crippen molar-refractivity contribution in [2.24, 2.45) is 0 Å². The zero-order chi connectivity index (χ0) is 13.0. The molecule has 96 valence electrons. The van der Waals surface area contributed by atoms with E-state index >= 15 is 0 Å². The molecule has 0 spiro atoms. The lowest BCUT2D eigenvalue weighted by molar-refractivity contribution is -0.291. The highest BCUT2D eigenvalue weighted by Crippen LogP contribution is 2.36. The third kappa shape index (κ3) is 4.44. The van der Waals surface area contributed by atoms with E-state index in [2.05, 4.69) is 9.26 Å². The van der Waals surface area contributed by atoms with Gasteiger partial charge in [-0.15, -0.1) is 0 Å². The molecule has 0 aromatic heterocycles. The highest BCUT2D eigenvalue weighted by atomic mass is 31.1. The molecule has 1 unspecified atom stereocenters. The van der Waals surface area contributed by atoms with Gasteiger partial charge in [-0.05, 0) is 6.92 Å². The summed E-state index contributed by atoms with van der Waals surface area (Å²) in [7, 11) is -3.40. The molecule has 0 N–H and O–H groups in total. The summed E-state index contributed by atoms with van der Waals surface area (Å²) in [5.74, 6) is -5.17. The summed E-state index contributed by atoms with van der Waals surface area (Å²) >= 11 is 0. The van der Waals surface area contributed by atoms with E-state index in [9.17, 15) is 31.3 Å². The van der Waals surface area contributed by atoms with Crippen LogP contribution in [0.25, 0.3) is 0 Å². The van der Waals surface area contributed by atoms with Gasteiger partial charge < -0.3 is 9.26 Å². The molecule has 0 aromatic carbocycles. The van der Waals surface area contributed by atoms with Crippen LogP contribution in [0.1, 0.15) is 6.92 Å². The molecule has 16 heavy (non-hydrogen) atoms. The van der Waals surface area contributed by atoms with Crippen LogP contribution in [0.2, 0.25) is 0 Å². The van der Waals surface area contributed by atoms with E-state index < -0.39 is 32.4 Å². The first-order valence-corrected chi connectivity index (χ1v) is 5.22. The number of rotatable bonds is 5. The molecule has 0 heterocycles. The van der Waals surface area contributed by atoms with Crippen LogP contribution in [0.15, 0.2) is 0 Å². The second kappa shape index (κ2) is 5.58. The lowest BCUT2D eigenvalue weighted by Gasteiger charge is -2.18. The molecule has 0 aliphatic rings. The van der Waals surface area contributed by atoms with E-state index in [1.54, 1.807) is 0 Å². The van der Waals surface area contributed by atoms with Crippen molar-refractivity contribution in [3.8, 4) is 0 Å². The fourth-order valence-corrected chi connectivity index (χ4v) is 1.06. The fraction of sp³-hybridized carbons (Fsp3) is 0.833. The maximum absolute atomic E-state index is 12.2. The van der Waals surface area contributed by atoms with E-state index in [1.165, 1.54) is 6.92 Å². The molecule has 0 aliphatic carbocycles. The van der Waals surface area contributed by atoms with Gasteiger partial charge in [-0.2, -0.15) is 22.0 Å². The zero-order valence-electron chi connectivity index (χ0n) is 7.94. The standard InChI is InChI=1S/C6H8F5O4P/c1-2-15-16(13)4(12)14-3-5(7,8)6(9,10)11/h16H,2-3H2,1H3. The van der Waals surface area contributed by atoms with Crippen LogP contribution in [0.4, 0.5) is 26.7 Å². The number of ether oxygens (including phenoxy) is 1. The molecule has 10 heteroatoms. The van der Waals surface area contributed by atoms with Gasteiger partial charge in [0.15, 0.2) is 6.61 Å². The van der Waals surface area contributed by atoms with E-state index in [-0.39, 0.29) is 6.61 Å². The van der Waals surface area contributed by atoms with Crippen molar-refractivity contribution >= 4 is 13.7 Å². The van der Waals surface area contributed by atoms with Gasteiger partial charge in [-0.3, -0.25) is 4.57 Å². The van der Waals surface area contributed by atoms with Crippen molar-refractivity contribution in [2.75, 3.05) is 13.2 Å². The highest BCUT2D eigenvalue weighted by molar-refractivity contribution is 7.58. The predicted molar refractivity (Wildman–Crippen MR) is 43.0 cm³/mol. The first kappa shape index (κ1) is 15.3. The molecular formula is C6H8F5O4P. The summed E-state index contributed by atoms with van der Waals surface area (Å²) in [5, 5.41) is 0. The van der Waals surface area contributed by atoms with E-state index in [0.29, 0.717) is 0 Å². The lowest BCUT2D eigenvalue weighted by atomic mass is 10.3. The average Bonchev–Trinajstić information content (AvgIpc) is 2.12. The maximum Gasteiger partial charge on any atom is 0.456 e. The van der Waals surface area contributed by atoms with Crippen LogP contribution in [0.5, 0.6) is 0 Å². The lowest BCUT2D eigenvalue weighted by Crippen LogP contribution is -2.41. The Labute approximate surface area is 87.6 Å². The first-order valence-electron chi connectivity index (χ1n) is 3.90. The van der Waals surface area contributed by atoms with Crippen LogP contribution in [-0.2, 0) is 13.8 Å². The summed E-state index contributed by atoms with van der Waals surface area (Å²) in [6, 6.07) is 0. The Morgan fingerprint density at radius 2 is 1.75 bits per heavy atom. The summed E-state index contributed by atoms with van der Waals surface area (Å²) in [4.78, 5) is 10.6. The van der Waals surface area contributed by atoms with Gasteiger partial charge in [0.05, 0.1) is 6.61 Å². The molecule has 1 atom stereocenters. The number of hydrogen-bond donors (Lipinski definition) is 0. The Bertz CT molecular complexity index is 277. The number of halogens is 5. The number of hydrogen-bond acceptors (Lipinski definition) is 4. The number of carbonyl (C=O) groups is 1. The molecule has 0 rings (SSSR count). The SMILES string of the molecule is CCO[PH](=O)C(=O)OCC(F)(F)C(F)(F)F. The number of carbonyl (C=O) groups excluding carboxylic acids is 1. The minimum absolute atomic E-state index is 0.150. The van der Waals surface area contributed by atoms with Crippen LogP contribution in [-0.4, -0.2) is 31.0 Å². The van der Waals surface area contributed by atoms with Crippen molar-refractivity contribution in [3.63, 3.8) is 0 Å². The molecule has 0 aromatic rings. The maximum atomic E-state index is 12.2. The largest absolute Gasteiger partial charge is 0.456 e. The van der Waals surface area contributed by atoms with Gasteiger partial charge in [0, 0.05) is 0 Å². The topological polar surface area (TPSA) is 52.6 Å². The number of alkyl halides is 5. The van der Waals surface area contributed by atoms with Gasteiger partial charge in [-0.1, -0.05) is 0 Å². The van der Waals surface area contributed by atoms with Crippen LogP contribution < -0.4 is 0 Å². The fourth-order valence-electron chi connectivity index (χ4n) is 0.487. The second-order valence-corrected chi connectivity index (χ2v) is 3.77. The molecule has 0 aliphatic heterocycles. The van der Waals surface area contributed by atoms with Crippen LogP contribution >= 0.6 is 8.03 Å². The Balaban J connectivity index is 4.26. The Kier molecular flexibility index (Phi) is 5.34. The van der Waals surface area contributed by atoms with Gasteiger partial charge >= 0.3 is 17.8 Å². The molecule has 0 saturated heterocycles. The van der Waals surface area contributed by atoms with Gasteiger partial charge in [0.1, 0.15) is 0 Å². The van der Waals surface area contributed by atoms with Crippen molar-refractivity contribution in [1.82, 2.24) is 0 Å². The molecule has 4 nitrogen and oxygen atoms in total. The normalized spacial score (nSPS) is 14.6. The monoisotopic (exact) mass is 270 g/mol. The highest BCUT2D eigenvalue weighted by Gasteiger charge is 2.58. The molecule has 0 amide bonds. The van der Waals surface area contributed by atoms with Gasteiger partial charge in [0.25, 0.3) is 8.03 Å². The summed E-state index contributed by atoms with van der Waals surface area (Å²) in [5.41, 5.74) is -1.71. The molecule has 0 saturated carbocycles.